The molecule has 0 saturated carbocycles. The number of halogens is 1. The summed E-state index contributed by atoms with van der Waals surface area (Å²) in [4.78, 5) is 3.52. The van der Waals surface area contributed by atoms with E-state index in [9.17, 15) is 0 Å². The Morgan fingerprint density at radius 1 is 0.746 bits per heavy atom. The first-order valence-corrected chi connectivity index (χ1v) is 22.0. The van der Waals surface area contributed by atoms with Gasteiger partial charge >= 0.3 is 0 Å². The highest BCUT2D eigenvalue weighted by atomic mass is 79.9. The molecule has 5 aromatic carbocycles. The van der Waals surface area contributed by atoms with E-state index in [4.69, 9.17) is 14.6 Å². The molecule has 0 fully saturated rings. The minimum atomic E-state index is 0.167. The Morgan fingerprint density at radius 2 is 1.34 bits per heavy atom. The zero-order valence-electron chi connectivity index (χ0n) is 36.9. The van der Waals surface area contributed by atoms with Gasteiger partial charge in [0.25, 0.3) is 0 Å². The van der Waals surface area contributed by atoms with Gasteiger partial charge in [-0.3, -0.25) is 0 Å². The fraction of sp³-hybridized carbons (Fsp3) is 0.296. The third-order valence-corrected chi connectivity index (χ3v) is 9.63. The summed E-state index contributed by atoms with van der Waals surface area (Å²) < 4.78 is 13.5. The minimum absolute atomic E-state index is 0.167. The van der Waals surface area contributed by atoms with Crippen LogP contribution >= 0.6 is 15.9 Å². The number of H-pyrrole nitrogens is 1. The molecule has 2 unspecified atom stereocenters. The van der Waals surface area contributed by atoms with Gasteiger partial charge in [-0.1, -0.05) is 168 Å². The molecule has 7 rings (SSSR count). The van der Waals surface area contributed by atoms with E-state index in [-0.39, 0.29) is 11.7 Å². The monoisotopic (exact) mass is 857 g/mol. The molecule has 59 heavy (non-hydrogen) atoms. The first-order valence-electron chi connectivity index (χ1n) is 21.2. The first-order chi connectivity index (χ1) is 28.7. The highest BCUT2D eigenvalue weighted by Crippen LogP contribution is 2.47. The van der Waals surface area contributed by atoms with E-state index in [1.807, 2.05) is 54.5 Å². The maximum Gasteiger partial charge on any atom is 0.120 e. The minimum Gasteiger partial charge on any atom is -0.513 e. The van der Waals surface area contributed by atoms with Crippen molar-refractivity contribution in [2.24, 2.45) is 0 Å². The van der Waals surface area contributed by atoms with Gasteiger partial charge in [-0.15, -0.1) is 0 Å². The summed E-state index contributed by atoms with van der Waals surface area (Å²) >= 11 is 3.56. The molecule has 1 aromatic heterocycles. The number of hydrogen-bond acceptors (Lipinski definition) is 3. The summed E-state index contributed by atoms with van der Waals surface area (Å²) in [6.45, 7) is 26.8. The van der Waals surface area contributed by atoms with Crippen LogP contribution in [-0.2, 0) is 19.4 Å². The summed E-state index contributed by atoms with van der Waals surface area (Å²) in [6.07, 6.45) is 5.78. The summed E-state index contributed by atoms with van der Waals surface area (Å²) in [5.74, 6) is 2.73. The zero-order valence-corrected chi connectivity index (χ0v) is 38.4. The van der Waals surface area contributed by atoms with Crippen LogP contribution in [0.5, 0.6) is 11.5 Å². The van der Waals surface area contributed by atoms with Crippen LogP contribution in [-0.4, -0.2) is 16.7 Å². The van der Waals surface area contributed by atoms with Crippen molar-refractivity contribution in [1.29, 1.82) is 0 Å². The second kappa shape index (κ2) is 28.2. The lowest BCUT2D eigenvalue weighted by Crippen LogP contribution is -2.20. The number of benzene rings is 5. The zero-order chi connectivity index (χ0) is 43.6. The molecule has 5 heteroatoms. The van der Waals surface area contributed by atoms with Crippen molar-refractivity contribution in [3.05, 3.63) is 203 Å². The molecule has 0 saturated heterocycles. The average molecular weight is 859 g/mol. The number of aliphatic hydroxyl groups is 1. The van der Waals surface area contributed by atoms with Crippen molar-refractivity contribution < 1.29 is 14.6 Å². The fourth-order valence-electron chi connectivity index (χ4n) is 6.62. The average Bonchev–Trinajstić information content (AvgIpc) is 3.69. The Labute approximate surface area is 364 Å². The van der Waals surface area contributed by atoms with Crippen molar-refractivity contribution in [2.75, 3.05) is 6.61 Å². The Balaban J connectivity index is 0.000000703. The van der Waals surface area contributed by atoms with Gasteiger partial charge < -0.3 is 19.6 Å². The van der Waals surface area contributed by atoms with Gasteiger partial charge in [-0.25, -0.2) is 0 Å². The molecule has 4 nitrogen and oxygen atoms in total. The molecule has 0 amide bonds. The van der Waals surface area contributed by atoms with Crippen LogP contribution in [0.4, 0.5) is 0 Å². The van der Waals surface area contributed by atoms with Gasteiger partial charge in [0.15, 0.2) is 0 Å². The van der Waals surface area contributed by atoms with E-state index in [0.29, 0.717) is 19.1 Å². The van der Waals surface area contributed by atoms with Crippen LogP contribution in [0.1, 0.15) is 114 Å². The summed E-state index contributed by atoms with van der Waals surface area (Å²) in [7, 11) is 0. The third kappa shape index (κ3) is 16.9. The quantitative estimate of drug-likeness (QED) is 0.0775. The molecule has 0 radical (unpaired) electrons. The molecule has 2 atom stereocenters. The van der Waals surface area contributed by atoms with E-state index in [1.54, 1.807) is 6.08 Å². The third-order valence-electron chi connectivity index (χ3n) is 9.14. The van der Waals surface area contributed by atoms with Crippen molar-refractivity contribution in [2.45, 2.75) is 99.5 Å². The number of aryl methyl sites for hydroxylation is 2. The van der Waals surface area contributed by atoms with Gasteiger partial charge in [0.1, 0.15) is 18.1 Å². The molecule has 1 aliphatic carbocycles. The Kier molecular flexibility index (Phi) is 23.9. The van der Waals surface area contributed by atoms with Crippen LogP contribution in [0.25, 0.3) is 10.9 Å². The second-order valence-electron chi connectivity index (χ2n) is 13.5. The van der Waals surface area contributed by atoms with Gasteiger partial charge in [0, 0.05) is 27.0 Å². The van der Waals surface area contributed by atoms with E-state index in [2.05, 4.69) is 162 Å². The maximum atomic E-state index is 7.86. The number of aromatic amines is 1. The molecule has 314 valence electrons. The number of nitrogens with one attached hydrogen (secondary N) is 1. The van der Waals surface area contributed by atoms with Crippen LogP contribution in [0.15, 0.2) is 169 Å². The Morgan fingerprint density at radius 3 is 1.95 bits per heavy atom. The molecule has 1 heterocycles. The molecule has 0 bridgehead atoms. The van der Waals surface area contributed by atoms with E-state index in [0.717, 1.165) is 47.2 Å². The lowest BCUT2D eigenvalue weighted by molar-refractivity contribution is 0.305. The van der Waals surface area contributed by atoms with Gasteiger partial charge in [0.05, 0.1) is 12.4 Å². The van der Waals surface area contributed by atoms with Crippen molar-refractivity contribution >= 4 is 26.8 Å². The van der Waals surface area contributed by atoms with Gasteiger partial charge in [0.2, 0.25) is 0 Å². The standard InChI is InChI=1S/C40H36BrNO2.C5H8.C3H6O.3C2H6/c41-33-16-22-39-32(24-33)25-34(42-39)12-7-23-43-35-17-13-30(14-18-35)40-37(29-10-5-2-6-11-29)20-15-31-26-36(19-21-38(31)40)44-27-28-8-3-1-4-9-28;1-4-5(2)3;1-3(2)4;3*1-2/h1-6,8-11,13-14,16-19,21-22,24-26,37,40,42H,7,12,15,20,23,27H2;4H,1-2H2,3H3;4H,1H2,2H3;3*1-2H3. The number of rotatable bonds is 11. The lowest BCUT2D eigenvalue weighted by atomic mass is 9.69. The van der Waals surface area contributed by atoms with Crippen LogP contribution < -0.4 is 9.47 Å². The molecular formula is C54H68BrNO3. The van der Waals surface area contributed by atoms with E-state index >= 15 is 0 Å². The number of fused-ring (bicyclic) bond motifs is 2. The largest absolute Gasteiger partial charge is 0.513 e. The fourth-order valence-corrected chi connectivity index (χ4v) is 7.00. The number of ether oxygens (including phenoxy) is 2. The Hall–Kier alpha value is -5.26. The lowest BCUT2D eigenvalue weighted by Gasteiger charge is -2.35. The van der Waals surface area contributed by atoms with Gasteiger partial charge in [-0.2, -0.15) is 0 Å². The van der Waals surface area contributed by atoms with Crippen LogP contribution in [0.2, 0.25) is 0 Å². The number of aromatic nitrogens is 1. The SMILES string of the molecule is Brc1ccc2[nH]c(CCCOc3ccc(C4c5ccc(OCc6ccccc6)cc5CCC4c4ccccc4)cc3)cc2c1.C=C(C)O.C=CC(=C)C.CC.CC.CC. The second-order valence-corrected chi connectivity index (χ2v) is 14.4. The molecule has 1 aliphatic rings. The summed E-state index contributed by atoms with van der Waals surface area (Å²) in [6, 6.07) is 45.4. The number of allylic oxidation sites excluding steroid dienone is 3. The normalized spacial score (nSPS) is 13.2. The van der Waals surface area contributed by atoms with Crippen LogP contribution in [0, 0.1) is 0 Å². The smallest absolute Gasteiger partial charge is 0.120 e. The highest BCUT2D eigenvalue weighted by molar-refractivity contribution is 9.10. The van der Waals surface area contributed by atoms with Crippen molar-refractivity contribution in [3.63, 3.8) is 0 Å². The van der Waals surface area contributed by atoms with Crippen molar-refractivity contribution in [3.8, 4) is 11.5 Å². The number of hydrogen-bond donors (Lipinski definition) is 2. The topological polar surface area (TPSA) is 54.5 Å². The molecule has 2 N–H and O–H groups in total. The highest BCUT2D eigenvalue weighted by Gasteiger charge is 2.32. The van der Waals surface area contributed by atoms with E-state index in [1.165, 1.54) is 51.3 Å². The summed E-state index contributed by atoms with van der Waals surface area (Å²) in [5.41, 5.74) is 10.1. The molecule has 0 spiro atoms. The maximum absolute atomic E-state index is 7.86. The predicted octanol–water partition coefficient (Wildman–Crippen LogP) is 16.3. The molecule has 6 aromatic rings. The molecular weight excluding hydrogens is 791 g/mol. The predicted molar refractivity (Wildman–Crippen MR) is 259 cm³/mol. The van der Waals surface area contributed by atoms with Gasteiger partial charge in [-0.05, 0) is 122 Å². The number of aliphatic hydroxyl groups excluding tert-OH is 1. The van der Waals surface area contributed by atoms with Crippen LogP contribution in [0.3, 0.4) is 0 Å². The summed E-state index contributed by atoms with van der Waals surface area (Å²) in [5, 5.41) is 9.10. The van der Waals surface area contributed by atoms with Crippen molar-refractivity contribution in [1.82, 2.24) is 4.98 Å². The first kappa shape index (κ1) is 49.9. The van der Waals surface area contributed by atoms with E-state index < -0.39 is 0 Å². The Bertz CT molecular complexity index is 2080. The molecule has 0 aliphatic heterocycles.